The number of aromatic nitrogens is 1. The highest BCUT2D eigenvalue weighted by Gasteiger charge is 2.32. The van der Waals surface area contributed by atoms with Crippen LogP contribution in [0, 0.1) is 0 Å². The van der Waals surface area contributed by atoms with Gasteiger partial charge < -0.3 is 10.2 Å². The van der Waals surface area contributed by atoms with Crippen molar-refractivity contribution in [2.24, 2.45) is 0 Å². The lowest BCUT2D eigenvalue weighted by atomic mass is 9.89. The van der Waals surface area contributed by atoms with Crippen molar-refractivity contribution in [1.82, 2.24) is 9.88 Å². The Labute approximate surface area is 147 Å². The number of hydrogen-bond acceptors (Lipinski definition) is 2. The summed E-state index contributed by atoms with van der Waals surface area (Å²) in [5.41, 5.74) is 4.29. The van der Waals surface area contributed by atoms with E-state index in [-0.39, 0.29) is 12.1 Å². The molecule has 1 aliphatic rings. The lowest BCUT2D eigenvalue weighted by Gasteiger charge is -2.37. The number of para-hydroxylation sites is 1. The Morgan fingerprint density at radius 3 is 2.60 bits per heavy atom. The molecule has 4 nitrogen and oxygen atoms in total. The summed E-state index contributed by atoms with van der Waals surface area (Å²) in [4.78, 5) is 19.1. The summed E-state index contributed by atoms with van der Waals surface area (Å²) in [6.45, 7) is 0.676. The van der Waals surface area contributed by atoms with Gasteiger partial charge >= 0.3 is 6.03 Å². The van der Waals surface area contributed by atoms with Gasteiger partial charge in [-0.3, -0.25) is 4.98 Å². The van der Waals surface area contributed by atoms with Crippen molar-refractivity contribution in [1.29, 1.82) is 0 Å². The van der Waals surface area contributed by atoms with Gasteiger partial charge in [0.05, 0.1) is 6.04 Å². The number of rotatable bonds is 2. The summed E-state index contributed by atoms with van der Waals surface area (Å²) < 4.78 is 0. The number of carbonyl (C=O) groups is 1. The summed E-state index contributed by atoms with van der Waals surface area (Å²) in [7, 11) is 0. The van der Waals surface area contributed by atoms with E-state index in [0.717, 1.165) is 17.7 Å². The Hall–Kier alpha value is -3.14. The van der Waals surface area contributed by atoms with E-state index in [9.17, 15) is 4.79 Å². The van der Waals surface area contributed by atoms with Crippen LogP contribution in [0.3, 0.4) is 0 Å². The molecule has 0 bridgehead atoms. The first kappa shape index (κ1) is 15.4. The molecule has 2 amide bonds. The van der Waals surface area contributed by atoms with Crippen LogP contribution >= 0.6 is 0 Å². The van der Waals surface area contributed by atoms with Crippen molar-refractivity contribution >= 4 is 11.7 Å². The third-order valence-electron chi connectivity index (χ3n) is 4.57. The third kappa shape index (κ3) is 3.11. The van der Waals surface area contributed by atoms with Gasteiger partial charge in [-0.05, 0) is 41.3 Å². The molecule has 0 radical (unpaired) electrons. The van der Waals surface area contributed by atoms with Gasteiger partial charge in [0.15, 0.2) is 0 Å². The zero-order valence-electron chi connectivity index (χ0n) is 13.8. The van der Waals surface area contributed by atoms with E-state index in [0.29, 0.717) is 6.54 Å². The maximum Gasteiger partial charge on any atom is 0.322 e. The first-order valence-corrected chi connectivity index (χ1v) is 8.43. The van der Waals surface area contributed by atoms with Gasteiger partial charge in [0.2, 0.25) is 0 Å². The summed E-state index contributed by atoms with van der Waals surface area (Å²) >= 11 is 0. The predicted molar refractivity (Wildman–Crippen MR) is 98.4 cm³/mol. The van der Waals surface area contributed by atoms with E-state index in [4.69, 9.17) is 0 Å². The number of carbonyl (C=O) groups excluding carboxylic acids is 1. The van der Waals surface area contributed by atoms with E-state index < -0.39 is 0 Å². The van der Waals surface area contributed by atoms with Gasteiger partial charge in [0, 0.05) is 24.6 Å². The average molecular weight is 329 g/mol. The van der Waals surface area contributed by atoms with Crippen LogP contribution in [0.1, 0.15) is 22.7 Å². The highest BCUT2D eigenvalue weighted by molar-refractivity contribution is 5.90. The first-order valence-electron chi connectivity index (χ1n) is 8.43. The molecule has 2 aromatic carbocycles. The van der Waals surface area contributed by atoms with Crippen molar-refractivity contribution in [3.05, 3.63) is 95.8 Å². The quantitative estimate of drug-likeness (QED) is 0.763. The normalized spacial score (nSPS) is 16.2. The minimum atomic E-state index is -0.123. The molecule has 0 saturated carbocycles. The Balaban J connectivity index is 1.70. The van der Waals surface area contributed by atoms with Gasteiger partial charge in [0.1, 0.15) is 0 Å². The largest absolute Gasteiger partial charge is 0.322 e. The minimum absolute atomic E-state index is 0.0884. The summed E-state index contributed by atoms with van der Waals surface area (Å²) in [6.07, 6.45) is 4.46. The van der Waals surface area contributed by atoms with E-state index in [1.807, 2.05) is 59.6 Å². The number of anilines is 1. The molecular formula is C21H19N3O. The molecule has 1 atom stereocenters. The molecule has 1 N–H and O–H groups in total. The monoisotopic (exact) mass is 329 g/mol. The maximum atomic E-state index is 13.0. The van der Waals surface area contributed by atoms with Gasteiger partial charge in [-0.15, -0.1) is 0 Å². The van der Waals surface area contributed by atoms with Crippen LogP contribution in [-0.2, 0) is 6.42 Å². The van der Waals surface area contributed by atoms with Crippen LogP contribution < -0.4 is 5.32 Å². The van der Waals surface area contributed by atoms with Crippen LogP contribution in [-0.4, -0.2) is 22.5 Å². The smallest absolute Gasteiger partial charge is 0.313 e. The minimum Gasteiger partial charge on any atom is -0.313 e. The van der Waals surface area contributed by atoms with Gasteiger partial charge in [-0.25, -0.2) is 4.79 Å². The highest BCUT2D eigenvalue weighted by atomic mass is 16.2. The van der Waals surface area contributed by atoms with Gasteiger partial charge in [-0.1, -0.05) is 48.5 Å². The molecule has 0 saturated heterocycles. The SMILES string of the molecule is O=C(Nc1ccccc1)N1CCc2ccccc2C1c1cccnc1. The van der Waals surface area contributed by atoms with Crippen LogP contribution in [0.25, 0.3) is 0 Å². The Bertz CT molecular complexity index is 865. The number of fused-ring (bicyclic) bond motifs is 1. The molecule has 4 rings (SSSR count). The first-order chi connectivity index (χ1) is 12.3. The average Bonchev–Trinajstić information content (AvgIpc) is 2.68. The Morgan fingerprint density at radius 2 is 1.80 bits per heavy atom. The van der Waals surface area contributed by atoms with E-state index in [1.165, 1.54) is 11.1 Å². The molecule has 1 aromatic heterocycles. The van der Waals surface area contributed by atoms with E-state index >= 15 is 0 Å². The molecule has 0 spiro atoms. The summed E-state index contributed by atoms with van der Waals surface area (Å²) in [5.74, 6) is 0. The van der Waals surface area contributed by atoms with Crippen molar-refractivity contribution in [2.75, 3.05) is 11.9 Å². The van der Waals surface area contributed by atoms with Crippen molar-refractivity contribution in [2.45, 2.75) is 12.5 Å². The van der Waals surface area contributed by atoms with E-state index in [1.54, 1.807) is 6.20 Å². The van der Waals surface area contributed by atoms with Crippen molar-refractivity contribution in [3.8, 4) is 0 Å². The van der Waals surface area contributed by atoms with Crippen LogP contribution in [0.15, 0.2) is 79.1 Å². The molecule has 1 unspecified atom stereocenters. The van der Waals surface area contributed by atoms with Crippen LogP contribution in [0.4, 0.5) is 10.5 Å². The molecule has 0 aliphatic carbocycles. The zero-order chi connectivity index (χ0) is 17.1. The topological polar surface area (TPSA) is 45.2 Å². The third-order valence-corrected chi connectivity index (χ3v) is 4.57. The fraction of sp³-hybridized carbons (Fsp3) is 0.143. The van der Waals surface area contributed by atoms with Gasteiger partial charge in [-0.2, -0.15) is 0 Å². The standard InChI is InChI=1S/C21H19N3O/c25-21(23-18-9-2-1-3-10-18)24-14-12-16-7-4-5-11-19(16)20(24)17-8-6-13-22-15-17/h1-11,13,15,20H,12,14H2,(H,23,25). The second-order valence-corrected chi connectivity index (χ2v) is 6.13. The number of amides is 2. The number of benzene rings is 2. The second kappa shape index (κ2) is 6.77. The molecule has 4 heteroatoms. The van der Waals surface area contributed by atoms with Crippen LogP contribution in [0.5, 0.6) is 0 Å². The molecular weight excluding hydrogens is 310 g/mol. The van der Waals surface area contributed by atoms with Crippen molar-refractivity contribution in [3.63, 3.8) is 0 Å². The summed E-state index contributed by atoms with van der Waals surface area (Å²) in [6, 6.07) is 21.6. The molecule has 0 fully saturated rings. The number of urea groups is 1. The van der Waals surface area contributed by atoms with E-state index in [2.05, 4.69) is 28.5 Å². The highest BCUT2D eigenvalue weighted by Crippen LogP contribution is 2.35. The lowest BCUT2D eigenvalue weighted by molar-refractivity contribution is 0.194. The second-order valence-electron chi connectivity index (χ2n) is 6.13. The fourth-order valence-electron chi connectivity index (χ4n) is 3.40. The molecule has 1 aliphatic heterocycles. The Kier molecular flexibility index (Phi) is 4.17. The number of hydrogen-bond donors (Lipinski definition) is 1. The summed E-state index contributed by atoms with van der Waals surface area (Å²) in [5, 5.41) is 3.01. The predicted octanol–water partition coefficient (Wildman–Crippen LogP) is 4.26. The maximum absolute atomic E-state index is 13.0. The Morgan fingerprint density at radius 1 is 1.00 bits per heavy atom. The van der Waals surface area contributed by atoms with Gasteiger partial charge in [0.25, 0.3) is 0 Å². The molecule has 3 aromatic rings. The molecule has 25 heavy (non-hydrogen) atoms. The number of pyridine rings is 1. The fourth-order valence-corrected chi connectivity index (χ4v) is 3.40. The number of nitrogens with one attached hydrogen (secondary N) is 1. The molecule has 2 heterocycles. The number of nitrogens with zero attached hydrogens (tertiary/aromatic N) is 2. The van der Waals surface area contributed by atoms with Crippen molar-refractivity contribution < 1.29 is 4.79 Å². The van der Waals surface area contributed by atoms with Crippen LogP contribution in [0.2, 0.25) is 0 Å². The zero-order valence-corrected chi connectivity index (χ0v) is 13.8. The lowest BCUT2D eigenvalue weighted by Crippen LogP contribution is -2.43. The molecule has 124 valence electrons.